The summed E-state index contributed by atoms with van der Waals surface area (Å²) in [5.74, 6) is 0. The maximum atomic E-state index is 5.85. The standard InChI is InChI=1S/C13H13N3/c1-16-12-5-3-2-4-8(12)9-6-10(14)11(15)7-13(9)16/h2-7H,14-15H2,1H3. The van der Waals surface area contributed by atoms with Crippen molar-refractivity contribution in [2.75, 3.05) is 11.5 Å². The first-order valence-corrected chi connectivity index (χ1v) is 5.20. The van der Waals surface area contributed by atoms with Gasteiger partial charge in [-0.2, -0.15) is 0 Å². The highest BCUT2D eigenvalue weighted by atomic mass is 14.9. The zero-order chi connectivity index (χ0) is 11.3. The van der Waals surface area contributed by atoms with Gasteiger partial charge < -0.3 is 16.0 Å². The number of aromatic nitrogens is 1. The Hall–Kier alpha value is -2.16. The number of fused-ring (bicyclic) bond motifs is 3. The normalized spacial score (nSPS) is 11.3. The van der Waals surface area contributed by atoms with Crippen molar-refractivity contribution in [2.45, 2.75) is 0 Å². The lowest BCUT2D eigenvalue weighted by Crippen LogP contribution is -1.95. The SMILES string of the molecule is Cn1c2ccccc2c2cc(N)c(N)cc21. The molecule has 0 amide bonds. The van der Waals surface area contributed by atoms with E-state index < -0.39 is 0 Å². The van der Waals surface area contributed by atoms with Gasteiger partial charge in [-0.05, 0) is 18.2 Å². The molecule has 2 aromatic carbocycles. The summed E-state index contributed by atoms with van der Waals surface area (Å²) in [4.78, 5) is 0. The molecule has 1 heterocycles. The third-order valence-electron chi connectivity index (χ3n) is 3.12. The van der Waals surface area contributed by atoms with Crippen LogP contribution in [0, 0.1) is 0 Å². The Balaban J connectivity index is 2.62. The van der Waals surface area contributed by atoms with Crippen molar-refractivity contribution >= 4 is 33.2 Å². The summed E-state index contributed by atoms with van der Waals surface area (Å²) in [5, 5.41) is 2.37. The molecule has 0 saturated carbocycles. The van der Waals surface area contributed by atoms with E-state index in [1.165, 1.54) is 10.9 Å². The van der Waals surface area contributed by atoms with Crippen molar-refractivity contribution in [1.29, 1.82) is 0 Å². The highest BCUT2D eigenvalue weighted by molar-refractivity contribution is 6.10. The predicted molar refractivity (Wildman–Crippen MR) is 69.2 cm³/mol. The Labute approximate surface area is 93.3 Å². The molecule has 3 nitrogen and oxygen atoms in total. The van der Waals surface area contributed by atoms with Gasteiger partial charge in [-0.3, -0.25) is 0 Å². The maximum absolute atomic E-state index is 5.85. The lowest BCUT2D eigenvalue weighted by Gasteiger charge is -2.01. The fourth-order valence-corrected chi connectivity index (χ4v) is 2.24. The van der Waals surface area contributed by atoms with Gasteiger partial charge in [0.15, 0.2) is 0 Å². The zero-order valence-electron chi connectivity index (χ0n) is 9.07. The zero-order valence-corrected chi connectivity index (χ0v) is 9.07. The molecule has 0 bridgehead atoms. The summed E-state index contributed by atoms with van der Waals surface area (Å²) in [6.45, 7) is 0. The Morgan fingerprint density at radius 2 is 1.56 bits per heavy atom. The molecular formula is C13H13N3. The van der Waals surface area contributed by atoms with Crippen LogP contribution in [0.2, 0.25) is 0 Å². The van der Waals surface area contributed by atoms with Crippen LogP contribution in [0.5, 0.6) is 0 Å². The maximum Gasteiger partial charge on any atom is 0.0569 e. The molecule has 0 aliphatic rings. The minimum atomic E-state index is 0.637. The quantitative estimate of drug-likeness (QED) is 0.561. The van der Waals surface area contributed by atoms with Crippen molar-refractivity contribution in [3.63, 3.8) is 0 Å². The number of hydrogen-bond acceptors (Lipinski definition) is 2. The molecule has 3 rings (SSSR count). The summed E-state index contributed by atoms with van der Waals surface area (Å²) < 4.78 is 2.14. The van der Waals surface area contributed by atoms with E-state index in [1.807, 2.05) is 31.3 Å². The Morgan fingerprint density at radius 3 is 2.38 bits per heavy atom. The molecule has 3 aromatic rings. The smallest absolute Gasteiger partial charge is 0.0569 e. The van der Waals surface area contributed by atoms with Crippen LogP contribution in [-0.4, -0.2) is 4.57 Å². The van der Waals surface area contributed by atoms with Gasteiger partial charge in [0, 0.05) is 23.3 Å². The molecule has 1 aromatic heterocycles. The van der Waals surface area contributed by atoms with Gasteiger partial charge in [-0.1, -0.05) is 18.2 Å². The second kappa shape index (κ2) is 2.92. The van der Waals surface area contributed by atoms with Gasteiger partial charge in [-0.15, -0.1) is 0 Å². The highest BCUT2D eigenvalue weighted by Gasteiger charge is 2.08. The van der Waals surface area contributed by atoms with E-state index in [0.717, 1.165) is 10.9 Å². The summed E-state index contributed by atoms with van der Waals surface area (Å²) >= 11 is 0. The second-order valence-corrected chi connectivity index (χ2v) is 4.07. The fourth-order valence-electron chi connectivity index (χ4n) is 2.24. The molecule has 3 heteroatoms. The van der Waals surface area contributed by atoms with E-state index >= 15 is 0 Å². The first-order valence-electron chi connectivity index (χ1n) is 5.20. The van der Waals surface area contributed by atoms with Gasteiger partial charge in [0.05, 0.1) is 16.9 Å². The average molecular weight is 211 g/mol. The number of anilines is 2. The van der Waals surface area contributed by atoms with E-state index in [9.17, 15) is 0 Å². The second-order valence-electron chi connectivity index (χ2n) is 4.07. The molecule has 0 saturated heterocycles. The van der Waals surface area contributed by atoms with Crippen molar-refractivity contribution in [1.82, 2.24) is 4.57 Å². The van der Waals surface area contributed by atoms with Gasteiger partial charge in [0.1, 0.15) is 0 Å². The lowest BCUT2D eigenvalue weighted by molar-refractivity contribution is 1.01. The van der Waals surface area contributed by atoms with Gasteiger partial charge in [-0.25, -0.2) is 0 Å². The summed E-state index contributed by atoms with van der Waals surface area (Å²) in [6.07, 6.45) is 0. The molecule has 4 N–H and O–H groups in total. The number of hydrogen-bond donors (Lipinski definition) is 2. The topological polar surface area (TPSA) is 57.0 Å². The number of nitrogens with two attached hydrogens (primary N) is 2. The van der Waals surface area contributed by atoms with Crippen molar-refractivity contribution in [3.05, 3.63) is 36.4 Å². The number of rotatable bonds is 0. The Kier molecular flexibility index (Phi) is 1.66. The van der Waals surface area contributed by atoms with Crippen LogP contribution in [0.3, 0.4) is 0 Å². The van der Waals surface area contributed by atoms with Crippen LogP contribution in [-0.2, 0) is 7.05 Å². The third kappa shape index (κ3) is 1.03. The van der Waals surface area contributed by atoms with E-state index in [-0.39, 0.29) is 0 Å². The Bertz CT molecular complexity index is 695. The van der Waals surface area contributed by atoms with Crippen LogP contribution in [0.15, 0.2) is 36.4 Å². The van der Waals surface area contributed by atoms with E-state index in [1.54, 1.807) is 0 Å². The first kappa shape index (κ1) is 9.09. The predicted octanol–water partition coefficient (Wildman–Crippen LogP) is 2.50. The van der Waals surface area contributed by atoms with Crippen molar-refractivity contribution in [2.24, 2.45) is 7.05 Å². The number of nitrogen functional groups attached to an aromatic ring is 2. The van der Waals surface area contributed by atoms with E-state index in [0.29, 0.717) is 11.4 Å². The molecule has 0 atom stereocenters. The molecule has 0 aliphatic heterocycles. The lowest BCUT2D eigenvalue weighted by atomic mass is 10.1. The summed E-state index contributed by atoms with van der Waals surface area (Å²) in [7, 11) is 2.04. The molecule has 0 fully saturated rings. The molecule has 16 heavy (non-hydrogen) atoms. The molecule has 0 aliphatic carbocycles. The van der Waals surface area contributed by atoms with Gasteiger partial charge >= 0.3 is 0 Å². The van der Waals surface area contributed by atoms with Crippen LogP contribution >= 0.6 is 0 Å². The molecule has 0 spiro atoms. The first-order chi connectivity index (χ1) is 7.68. The largest absolute Gasteiger partial charge is 0.397 e. The average Bonchev–Trinajstić information content (AvgIpc) is 2.55. The van der Waals surface area contributed by atoms with Crippen LogP contribution in [0.4, 0.5) is 11.4 Å². The number of nitrogens with zero attached hydrogens (tertiary/aromatic N) is 1. The highest BCUT2D eigenvalue weighted by Crippen LogP contribution is 2.31. The molecule has 0 radical (unpaired) electrons. The van der Waals surface area contributed by atoms with E-state index in [2.05, 4.69) is 16.7 Å². The van der Waals surface area contributed by atoms with Crippen molar-refractivity contribution < 1.29 is 0 Å². The van der Waals surface area contributed by atoms with Crippen LogP contribution < -0.4 is 11.5 Å². The number of benzene rings is 2. The fraction of sp³-hybridized carbons (Fsp3) is 0.0769. The minimum absolute atomic E-state index is 0.637. The van der Waals surface area contributed by atoms with Gasteiger partial charge in [0.25, 0.3) is 0 Å². The van der Waals surface area contributed by atoms with Crippen LogP contribution in [0.1, 0.15) is 0 Å². The van der Waals surface area contributed by atoms with Crippen LogP contribution in [0.25, 0.3) is 21.8 Å². The minimum Gasteiger partial charge on any atom is -0.397 e. The van der Waals surface area contributed by atoms with Crippen molar-refractivity contribution in [3.8, 4) is 0 Å². The van der Waals surface area contributed by atoms with E-state index in [4.69, 9.17) is 11.5 Å². The Morgan fingerprint density at radius 1 is 0.875 bits per heavy atom. The number of aryl methyl sites for hydroxylation is 1. The summed E-state index contributed by atoms with van der Waals surface area (Å²) in [5.41, 5.74) is 15.3. The number of para-hydroxylation sites is 1. The van der Waals surface area contributed by atoms with Gasteiger partial charge in [0.2, 0.25) is 0 Å². The molecule has 0 unspecified atom stereocenters. The molecular weight excluding hydrogens is 198 g/mol. The third-order valence-corrected chi connectivity index (χ3v) is 3.12. The monoisotopic (exact) mass is 211 g/mol. The molecule has 80 valence electrons. The summed E-state index contributed by atoms with van der Waals surface area (Å²) in [6, 6.07) is 12.2.